The fourth-order valence-electron chi connectivity index (χ4n) is 1.87. The second-order valence-corrected chi connectivity index (χ2v) is 8.13. The molecule has 0 radical (unpaired) electrons. The van der Waals surface area contributed by atoms with E-state index in [1.807, 2.05) is 24.3 Å². The van der Waals surface area contributed by atoms with Crippen molar-refractivity contribution in [2.24, 2.45) is 0 Å². The molecule has 1 heterocycles. The lowest BCUT2D eigenvalue weighted by Crippen LogP contribution is -2.13. The third-order valence-electron chi connectivity index (χ3n) is 2.88. The predicted octanol–water partition coefficient (Wildman–Crippen LogP) is 4.33. The lowest BCUT2D eigenvalue weighted by atomic mass is 10.1. The predicted molar refractivity (Wildman–Crippen MR) is 96.5 cm³/mol. The van der Waals surface area contributed by atoms with Gasteiger partial charge in [-0.05, 0) is 55.6 Å². The van der Waals surface area contributed by atoms with Gasteiger partial charge in [-0.15, -0.1) is 11.3 Å². The number of halogens is 2. The molecule has 0 aliphatic rings. The van der Waals surface area contributed by atoms with E-state index in [1.54, 1.807) is 0 Å². The molecule has 0 saturated carbocycles. The SMILES string of the molecule is COC(=O)COc1c(C(=O)OC)sc2cc(C=C(Br)Br)ccc12. The first kappa shape index (κ1) is 18.0. The zero-order chi connectivity index (χ0) is 17.0. The second-order valence-electron chi connectivity index (χ2n) is 4.31. The highest BCUT2D eigenvalue weighted by molar-refractivity contribution is 9.28. The molecule has 2 rings (SSSR count). The van der Waals surface area contributed by atoms with Crippen molar-refractivity contribution in [1.82, 2.24) is 0 Å². The van der Waals surface area contributed by atoms with Crippen LogP contribution in [-0.4, -0.2) is 32.8 Å². The van der Waals surface area contributed by atoms with Gasteiger partial charge in [0.25, 0.3) is 0 Å². The van der Waals surface area contributed by atoms with Gasteiger partial charge >= 0.3 is 11.9 Å². The maximum Gasteiger partial charge on any atom is 0.351 e. The van der Waals surface area contributed by atoms with Gasteiger partial charge in [0.05, 0.1) is 17.6 Å². The highest BCUT2D eigenvalue weighted by Gasteiger charge is 2.21. The summed E-state index contributed by atoms with van der Waals surface area (Å²) in [5.41, 5.74) is 0.943. The van der Waals surface area contributed by atoms with Gasteiger partial charge in [0.15, 0.2) is 17.2 Å². The molecule has 23 heavy (non-hydrogen) atoms. The molecule has 5 nitrogen and oxygen atoms in total. The fourth-order valence-corrected chi connectivity index (χ4v) is 3.51. The van der Waals surface area contributed by atoms with Gasteiger partial charge in [-0.25, -0.2) is 9.59 Å². The molecule has 0 N–H and O–H groups in total. The van der Waals surface area contributed by atoms with Crippen molar-refractivity contribution < 1.29 is 23.8 Å². The molecule has 8 heteroatoms. The van der Waals surface area contributed by atoms with Crippen LogP contribution in [0.1, 0.15) is 15.2 Å². The molecule has 0 bridgehead atoms. The lowest BCUT2D eigenvalue weighted by Gasteiger charge is -2.06. The molecule has 0 aliphatic heterocycles. The van der Waals surface area contributed by atoms with E-state index in [0.717, 1.165) is 19.0 Å². The minimum atomic E-state index is -0.525. The van der Waals surface area contributed by atoms with Crippen molar-refractivity contribution in [3.8, 4) is 5.75 Å². The van der Waals surface area contributed by atoms with Crippen molar-refractivity contribution in [2.45, 2.75) is 0 Å². The van der Waals surface area contributed by atoms with E-state index < -0.39 is 11.9 Å². The number of benzene rings is 1. The van der Waals surface area contributed by atoms with Crippen molar-refractivity contribution in [3.63, 3.8) is 0 Å². The van der Waals surface area contributed by atoms with Gasteiger partial charge in [-0.2, -0.15) is 0 Å². The van der Waals surface area contributed by atoms with Crippen molar-refractivity contribution in [1.29, 1.82) is 0 Å². The monoisotopic (exact) mass is 462 g/mol. The Kier molecular flexibility index (Phi) is 6.20. The summed E-state index contributed by atoms with van der Waals surface area (Å²) in [6.45, 7) is -0.277. The number of carbonyl (C=O) groups excluding carboxylic acids is 2. The summed E-state index contributed by atoms with van der Waals surface area (Å²) in [6.07, 6.45) is 1.88. The van der Waals surface area contributed by atoms with Gasteiger partial charge in [0, 0.05) is 10.1 Å². The Bertz CT molecular complexity index is 778. The van der Waals surface area contributed by atoms with E-state index in [-0.39, 0.29) is 6.61 Å². The third-order valence-corrected chi connectivity index (χ3v) is 4.45. The number of thiophene rings is 1. The molecule has 0 amide bonds. The third kappa shape index (κ3) is 4.33. The Balaban J connectivity index is 2.50. The zero-order valence-electron chi connectivity index (χ0n) is 12.2. The average Bonchev–Trinajstić information content (AvgIpc) is 2.88. The van der Waals surface area contributed by atoms with Crippen LogP contribution in [0.5, 0.6) is 5.75 Å². The molecule has 0 fully saturated rings. The van der Waals surface area contributed by atoms with Gasteiger partial charge < -0.3 is 14.2 Å². The van der Waals surface area contributed by atoms with E-state index >= 15 is 0 Å². The van der Waals surface area contributed by atoms with Crippen LogP contribution in [0, 0.1) is 0 Å². The first-order valence-electron chi connectivity index (χ1n) is 6.33. The first-order valence-corrected chi connectivity index (χ1v) is 8.73. The maximum absolute atomic E-state index is 11.9. The van der Waals surface area contributed by atoms with Gasteiger partial charge in [-0.1, -0.05) is 6.07 Å². The summed E-state index contributed by atoms with van der Waals surface area (Å²) in [4.78, 5) is 23.5. The van der Waals surface area contributed by atoms with Crippen molar-refractivity contribution in [3.05, 3.63) is 32.0 Å². The summed E-state index contributed by atoms with van der Waals surface area (Å²) in [6, 6.07) is 5.63. The van der Waals surface area contributed by atoms with Crippen molar-refractivity contribution >= 4 is 71.3 Å². The summed E-state index contributed by atoms with van der Waals surface area (Å²) in [5, 5.41) is 0.738. The van der Waals surface area contributed by atoms with Crippen LogP contribution >= 0.6 is 43.2 Å². The number of methoxy groups -OCH3 is 2. The molecule has 0 atom stereocenters. The molecule has 0 spiro atoms. The number of carbonyl (C=O) groups is 2. The number of fused-ring (bicyclic) bond motifs is 1. The van der Waals surface area contributed by atoms with Crippen LogP contribution in [0.15, 0.2) is 21.6 Å². The Hall–Kier alpha value is -1.38. The Morgan fingerprint density at radius 1 is 1.22 bits per heavy atom. The highest BCUT2D eigenvalue weighted by atomic mass is 79.9. The number of rotatable bonds is 5. The van der Waals surface area contributed by atoms with E-state index in [0.29, 0.717) is 10.6 Å². The van der Waals surface area contributed by atoms with Crippen LogP contribution in [0.3, 0.4) is 0 Å². The molecule has 1 aromatic carbocycles. The largest absolute Gasteiger partial charge is 0.479 e. The zero-order valence-corrected chi connectivity index (χ0v) is 16.2. The standard InChI is InChI=1S/C15H12Br2O5S/c1-20-12(18)7-22-13-9-4-3-8(6-11(16)17)5-10(9)23-14(13)15(19)21-2/h3-6H,7H2,1-2H3. The molecule has 0 aliphatic carbocycles. The van der Waals surface area contributed by atoms with Gasteiger partial charge in [0.1, 0.15) is 0 Å². The summed E-state index contributed by atoms with van der Waals surface area (Å²) in [7, 11) is 2.57. The first-order chi connectivity index (χ1) is 11.0. The fraction of sp³-hybridized carbons (Fsp3) is 0.200. The molecule has 0 unspecified atom stereocenters. The van der Waals surface area contributed by atoms with E-state index in [1.165, 1.54) is 25.6 Å². The molecule has 122 valence electrons. The quantitative estimate of drug-likeness (QED) is 0.617. The van der Waals surface area contributed by atoms with Crippen LogP contribution in [0.4, 0.5) is 0 Å². The van der Waals surface area contributed by atoms with E-state index in [4.69, 9.17) is 9.47 Å². The summed E-state index contributed by atoms with van der Waals surface area (Å²) < 4.78 is 16.5. The average molecular weight is 464 g/mol. The summed E-state index contributed by atoms with van der Waals surface area (Å²) in [5.74, 6) is -0.705. The summed E-state index contributed by atoms with van der Waals surface area (Å²) >= 11 is 7.86. The van der Waals surface area contributed by atoms with Gasteiger partial charge in [-0.3, -0.25) is 0 Å². The smallest absolute Gasteiger partial charge is 0.351 e. The lowest BCUT2D eigenvalue weighted by molar-refractivity contribution is -0.142. The number of esters is 2. The van der Waals surface area contributed by atoms with Crippen LogP contribution < -0.4 is 4.74 Å². The Labute approximate surface area is 153 Å². The number of ether oxygens (including phenoxy) is 3. The molecule has 1 aromatic heterocycles. The Morgan fingerprint density at radius 3 is 2.57 bits per heavy atom. The van der Waals surface area contributed by atoms with Crippen LogP contribution in [0.2, 0.25) is 0 Å². The minimum Gasteiger partial charge on any atom is -0.479 e. The van der Waals surface area contributed by atoms with Gasteiger partial charge in [0.2, 0.25) is 0 Å². The maximum atomic E-state index is 11.9. The highest BCUT2D eigenvalue weighted by Crippen LogP contribution is 2.39. The molecule has 2 aromatic rings. The molecular formula is C15H12Br2O5S. The minimum absolute atomic E-state index is 0.277. The van der Waals surface area contributed by atoms with E-state index in [9.17, 15) is 9.59 Å². The molecule has 0 saturated heterocycles. The molecular weight excluding hydrogens is 452 g/mol. The second kappa shape index (κ2) is 7.94. The topological polar surface area (TPSA) is 61.8 Å². The number of hydrogen-bond acceptors (Lipinski definition) is 6. The normalized spacial score (nSPS) is 10.3. The number of hydrogen-bond donors (Lipinski definition) is 0. The van der Waals surface area contributed by atoms with Crippen LogP contribution in [0.25, 0.3) is 16.2 Å². The van der Waals surface area contributed by atoms with Crippen molar-refractivity contribution in [2.75, 3.05) is 20.8 Å². The van der Waals surface area contributed by atoms with Crippen LogP contribution in [-0.2, 0) is 14.3 Å². The Morgan fingerprint density at radius 2 is 1.96 bits per heavy atom. The van der Waals surface area contributed by atoms with E-state index in [2.05, 4.69) is 36.6 Å².